The molecule has 4 aromatic rings. The van der Waals surface area contributed by atoms with Gasteiger partial charge in [-0.25, -0.2) is 36.2 Å². The van der Waals surface area contributed by atoms with Crippen molar-refractivity contribution in [1.29, 1.82) is 5.26 Å². The molecule has 0 aliphatic rings. The van der Waals surface area contributed by atoms with Gasteiger partial charge < -0.3 is 0 Å². The zero-order chi connectivity index (χ0) is 33.7. The largest absolute Gasteiger partial charge is 0.268 e. The van der Waals surface area contributed by atoms with Crippen molar-refractivity contribution >= 4 is 47.8 Å². The molecule has 0 atom stereocenters. The van der Waals surface area contributed by atoms with Crippen molar-refractivity contribution < 1.29 is 35.2 Å². The van der Waals surface area contributed by atoms with Crippen molar-refractivity contribution in [3.8, 4) is 28.3 Å². The molecule has 0 aliphatic carbocycles. The third-order valence-corrected chi connectivity index (χ3v) is 7.58. The number of rotatable bonds is 6. The normalized spacial score (nSPS) is 11.1. The lowest BCUT2D eigenvalue weighted by Crippen LogP contribution is -2.29. The van der Waals surface area contributed by atoms with Crippen molar-refractivity contribution in [2.24, 2.45) is 0 Å². The number of nitriles is 1. The predicted octanol–water partition coefficient (Wildman–Crippen LogP) is 4.41. The summed E-state index contributed by atoms with van der Waals surface area (Å²) in [5, 5.41) is 8.84. The van der Waals surface area contributed by atoms with Gasteiger partial charge in [0.05, 0.1) is 17.0 Å². The van der Waals surface area contributed by atoms with Gasteiger partial charge in [-0.15, -0.1) is 0 Å². The summed E-state index contributed by atoms with van der Waals surface area (Å²) in [5.41, 5.74) is 4.24. The topological polar surface area (TPSA) is 176 Å². The Hall–Kier alpha value is -4.59. The Kier molecular flexibility index (Phi) is 10.9. The number of aromatic nitrogens is 2. The molecule has 2 aromatic carbocycles. The maximum atomic E-state index is 13.3. The van der Waals surface area contributed by atoms with Gasteiger partial charge in [-0.3, -0.25) is 9.59 Å². The Morgan fingerprint density at radius 3 is 1.56 bits per heavy atom. The number of amides is 2. The van der Waals surface area contributed by atoms with Crippen LogP contribution in [0.15, 0.2) is 65.4 Å². The minimum atomic E-state index is -3.65. The number of halogens is 3. The molecule has 0 spiro atoms. The summed E-state index contributed by atoms with van der Waals surface area (Å²) in [5.74, 6) is -2.89. The van der Waals surface area contributed by atoms with Gasteiger partial charge in [-0.2, -0.15) is 14.0 Å². The minimum absolute atomic E-state index is 0.173. The fourth-order valence-corrected chi connectivity index (χ4v) is 5.21. The molecule has 2 heterocycles. The monoisotopic (exact) mass is 719 g/mol. The van der Waals surface area contributed by atoms with E-state index in [1.54, 1.807) is 44.2 Å². The lowest BCUT2D eigenvalue weighted by molar-refractivity contribution is 0.0972. The molecular formula is C29H24BrF2N5O6S2. The van der Waals surface area contributed by atoms with Crippen molar-refractivity contribution in [1.82, 2.24) is 19.4 Å². The fraction of sp³-hybridized carbons (Fsp3) is 0.138. The first kappa shape index (κ1) is 34.9. The molecule has 0 saturated heterocycles. The van der Waals surface area contributed by atoms with Crippen LogP contribution in [0.5, 0.6) is 0 Å². The Morgan fingerprint density at radius 2 is 1.18 bits per heavy atom. The lowest BCUT2D eigenvalue weighted by atomic mass is 9.98. The highest BCUT2D eigenvalue weighted by atomic mass is 79.9. The van der Waals surface area contributed by atoms with Crippen LogP contribution in [0.3, 0.4) is 0 Å². The Morgan fingerprint density at radius 1 is 0.756 bits per heavy atom. The van der Waals surface area contributed by atoms with Crippen LogP contribution in [0.2, 0.25) is 0 Å². The predicted molar refractivity (Wildman–Crippen MR) is 166 cm³/mol. The molecule has 234 valence electrons. The number of benzene rings is 2. The van der Waals surface area contributed by atoms with E-state index >= 15 is 0 Å². The lowest BCUT2D eigenvalue weighted by Gasteiger charge is -2.09. The van der Waals surface area contributed by atoms with Crippen LogP contribution in [0.1, 0.15) is 37.4 Å². The smallest absolute Gasteiger partial charge is 0.264 e. The fourth-order valence-electron chi connectivity index (χ4n) is 3.95. The number of aryl methyl sites for hydroxylation is 2. The summed E-state index contributed by atoms with van der Waals surface area (Å²) in [7, 11) is -7.26. The Labute approximate surface area is 266 Å². The molecule has 0 bridgehead atoms. The molecule has 2 aromatic heterocycles. The molecule has 11 nitrogen and oxygen atoms in total. The van der Waals surface area contributed by atoms with E-state index < -0.39 is 43.8 Å². The average Bonchev–Trinajstić information content (AvgIpc) is 2.93. The van der Waals surface area contributed by atoms with Crippen molar-refractivity contribution in [2.75, 3.05) is 12.5 Å². The van der Waals surface area contributed by atoms with Gasteiger partial charge in [0, 0.05) is 34.6 Å². The molecule has 2 amide bonds. The Bertz CT molecular complexity index is 2090. The summed E-state index contributed by atoms with van der Waals surface area (Å²) in [6.07, 6.45) is 4.47. The summed E-state index contributed by atoms with van der Waals surface area (Å²) < 4.78 is 74.8. The van der Waals surface area contributed by atoms with Gasteiger partial charge in [-0.05, 0) is 88.4 Å². The summed E-state index contributed by atoms with van der Waals surface area (Å²) >= 11 is 3.07. The van der Waals surface area contributed by atoms with Gasteiger partial charge in [0.1, 0.15) is 11.6 Å². The van der Waals surface area contributed by atoms with E-state index in [9.17, 15) is 35.2 Å². The highest BCUT2D eigenvalue weighted by molar-refractivity contribution is 9.10. The maximum absolute atomic E-state index is 13.3. The number of hydrogen-bond acceptors (Lipinski definition) is 9. The quantitative estimate of drug-likeness (QED) is 0.274. The summed E-state index contributed by atoms with van der Waals surface area (Å²) in [6, 6.07) is 13.9. The van der Waals surface area contributed by atoms with Crippen molar-refractivity contribution in [3.63, 3.8) is 0 Å². The van der Waals surface area contributed by atoms with E-state index in [1.165, 1.54) is 36.7 Å². The number of sulfonamides is 2. The van der Waals surface area contributed by atoms with E-state index in [1.807, 2.05) is 9.44 Å². The summed E-state index contributed by atoms with van der Waals surface area (Å²) in [6.45, 7) is 3.48. The molecule has 0 fully saturated rings. The molecule has 0 radical (unpaired) electrons. The zero-order valence-electron chi connectivity index (χ0n) is 24.0. The highest BCUT2D eigenvalue weighted by Gasteiger charge is 2.15. The first-order chi connectivity index (χ1) is 20.9. The second-order valence-corrected chi connectivity index (χ2v) is 14.0. The van der Waals surface area contributed by atoms with E-state index in [-0.39, 0.29) is 21.2 Å². The SMILES string of the molecule is Cc1cc(C(=O)NS(C)(=O)=O)ccc1-c1cnc(F)c(Br)c1.Cc1cc(C(=O)NS(C)(=O)=O)ccc1-c1cnc(F)c(C#N)c1. The minimum Gasteiger partial charge on any atom is -0.268 e. The van der Waals surface area contributed by atoms with Crippen LogP contribution in [0, 0.1) is 37.1 Å². The second kappa shape index (κ2) is 14.0. The van der Waals surface area contributed by atoms with E-state index in [0.717, 1.165) is 23.6 Å². The van der Waals surface area contributed by atoms with Crippen LogP contribution in [-0.2, 0) is 20.0 Å². The third-order valence-electron chi connectivity index (χ3n) is 5.91. The zero-order valence-corrected chi connectivity index (χ0v) is 27.2. The first-order valence-corrected chi connectivity index (χ1v) is 17.1. The number of nitrogens with zero attached hydrogens (tertiary/aromatic N) is 3. The Balaban J connectivity index is 0.000000246. The highest BCUT2D eigenvalue weighted by Crippen LogP contribution is 2.27. The maximum Gasteiger partial charge on any atom is 0.264 e. The molecule has 2 N–H and O–H groups in total. The number of carbonyl (C=O) groups excluding carboxylic acids is 2. The van der Waals surface area contributed by atoms with Gasteiger partial charge in [0.15, 0.2) is 0 Å². The molecule has 16 heteroatoms. The van der Waals surface area contributed by atoms with Crippen LogP contribution < -0.4 is 9.44 Å². The van der Waals surface area contributed by atoms with Crippen LogP contribution >= 0.6 is 15.9 Å². The van der Waals surface area contributed by atoms with E-state index in [0.29, 0.717) is 22.3 Å². The molecule has 0 unspecified atom stereocenters. The van der Waals surface area contributed by atoms with Gasteiger partial charge in [-0.1, -0.05) is 12.1 Å². The number of nitrogens with one attached hydrogen (secondary N) is 2. The standard InChI is InChI=1S/C15H12FN3O3S.C14H12BrFN2O3S/c1-9-5-10(15(20)19-23(2,21)22)3-4-13(9)12-6-11(7-17)14(16)18-8-12;1-8-5-9(14(19)18-22(2,20)21)3-4-11(8)10-6-12(15)13(16)17-7-10/h3-6,8H,1-2H3,(H,19,20);3-7H,1-2H3,(H,18,19). The van der Waals surface area contributed by atoms with Gasteiger partial charge >= 0.3 is 0 Å². The van der Waals surface area contributed by atoms with Crippen LogP contribution in [0.25, 0.3) is 22.3 Å². The van der Waals surface area contributed by atoms with Crippen molar-refractivity contribution in [2.45, 2.75) is 13.8 Å². The molecule has 45 heavy (non-hydrogen) atoms. The second-order valence-electron chi connectivity index (χ2n) is 9.64. The van der Waals surface area contributed by atoms with Crippen molar-refractivity contribution in [3.05, 3.63) is 105 Å². The van der Waals surface area contributed by atoms with Crippen LogP contribution in [0.4, 0.5) is 8.78 Å². The van der Waals surface area contributed by atoms with E-state index in [2.05, 4.69) is 25.9 Å². The molecule has 0 saturated carbocycles. The van der Waals surface area contributed by atoms with Gasteiger partial charge in [0.25, 0.3) is 11.8 Å². The molecule has 4 rings (SSSR count). The van der Waals surface area contributed by atoms with Gasteiger partial charge in [0.2, 0.25) is 31.9 Å². The third kappa shape index (κ3) is 9.70. The molecule has 0 aliphatic heterocycles. The molecular weight excluding hydrogens is 696 g/mol. The number of pyridine rings is 2. The van der Waals surface area contributed by atoms with Crippen LogP contribution in [-0.4, -0.2) is 51.1 Å². The summed E-state index contributed by atoms with van der Waals surface area (Å²) in [4.78, 5) is 30.8. The van der Waals surface area contributed by atoms with E-state index in [4.69, 9.17) is 5.26 Å². The average molecular weight is 721 g/mol. The first-order valence-electron chi connectivity index (χ1n) is 12.5. The number of hydrogen-bond donors (Lipinski definition) is 2. The number of carbonyl (C=O) groups is 2.